The molecule has 20 heavy (non-hydrogen) atoms. The summed E-state index contributed by atoms with van der Waals surface area (Å²) in [6.07, 6.45) is 0. The van der Waals surface area contributed by atoms with Crippen LogP contribution in [0.25, 0.3) is 0 Å². The lowest BCUT2D eigenvalue weighted by molar-refractivity contribution is -0.384. The minimum absolute atomic E-state index is 0.0206. The number of benzene rings is 1. The molecule has 0 saturated heterocycles. The molecule has 1 atom stereocenters. The summed E-state index contributed by atoms with van der Waals surface area (Å²) in [5, 5.41) is 19.3. The molecule has 8 heteroatoms. The summed E-state index contributed by atoms with van der Waals surface area (Å²) in [6, 6.07) is 3.91. The number of carboxylic acid groups (broad SMARTS) is 1. The number of hydrogen-bond donors (Lipinski definition) is 1. The van der Waals surface area contributed by atoms with Crippen LogP contribution >= 0.6 is 11.6 Å². The van der Waals surface area contributed by atoms with Gasteiger partial charge in [-0.15, -0.1) is 0 Å². The normalized spacial score (nSPS) is 11.8. The van der Waals surface area contributed by atoms with Gasteiger partial charge in [0.05, 0.1) is 16.4 Å². The molecule has 1 rings (SSSR count). The van der Waals surface area contributed by atoms with E-state index in [9.17, 15) is 19.7 Å². The number of carboxylic acids is 1. The lowest BCUT2D eigenvalue weighted by Crippen LogP contribution is -2.33. The van der Waals surface area contributed by atoms with E-state index < -0.39 is 22.7 Å². The van der Waals surface area contributed by atoms with Crippen molar-refractivity contribution in [3.63, 3.8) is 0 Å². The smallest absolute Gasteiger partial charge is 0.308 e. The zero-order valence-corrected chi connectivity index (χ0v) is 11.6. The minimum Gasteiger partial charge on any atom is -0.481 e. The summed E-state index contributed by atoms with van der Waals surface area (Å²) >= 11 is 5.84. The molecule has 1 N–H and O–H groups in total. The minimum atomic E-state index is -1.03. The topological polar surface area (TPSA) is 101 Å². The van der Waals surface area contributed by atoms with Gasteiger partial charge in [-0.3, -0.25) is 19.7 Å². The van der Waals surface area contributed by atoms with Crippen molar-refractivity contribution in [2.45, 2.75) is 6.92 Å². The Morgan fingerprint density at radius 2 is 2.10 bits per heavy atom. The van der Waals surface area contributed by atoms with Crippen LogP contribution in [0.1, 0.15) is 17.3 Å². The summed E-state index contributed by atoms with van der Waals surface area (Å²) in [7, 11) is 1.41. The van der Waals surface area contributed by atoms with Crippen LogP contribution in [0.3, 0.4) is 0 Å². The number of rotatable bonds is 5. The Kier molecular flexibility index (Phi) is 5.04. The zero-order valence-electron chi connectivity index (χ0n) is 10.9. The van der Waals surface area contributed by atoms with Gasteiger partial charge in [-0.1, -0.05) is 24.6 Å². The van der Waals surface area contributed by atoms with Crippen LogP contribution in [0.5, 0.6) is 0 Å². The maximum absolute atomic E-state index is 12.1. The first kappa shape index (κ1) is 15.9. The Hall–Kier alpha value is -2.15. The highest BCUT2D eigenvalue weighted by atomic mass is 35.5. The second-order valence-corrected chi connectivity index (χ2v) is 4.70. The Labute approximate surface area is 119 Å². The average molecular weight is 301 g/mol. The second kappa shape index (κ2) is 6.33. The molecule has 0 aromatic heterocycles. The number of aliphatic carboxylic acids is 1. The van der Waals surface area contributed by atoms with Crippen molar-refractivity contribution in [1.82, 2.24) is 4.90 Å². The van der Waals surface area contributed by atoms with Crippen LogP contribution in [-0.4, -0.2) is 40.4 Å². The van der Waals surface area contributed by atoms with Crippen LogP contribution in [0, 0.1) is 16.0 Å². The number of nitro groups is 1. The first-order valence-electron chi connectivity index (χ1n) is 5.66. The fourth-order valence-corrected chi connectivity index (χ4v) is 1.88. The largest absolute Gasteiger partial charge is 0.481 e. The Morgan fingerprint density at radius 3 is 2.60 bits per heavy atom. The van der Waals surface area contributed by atoms with Gasteiger partial charge in [0.25, 0.3) is 11.6 Å². The van der Waals surface area contributed by atoms with Crippen LogP contribution < -0.4 is 0 Å². The molecule has 0 aliphatic carbocycles. The molecule has 1 amide bonds. The van der Waals surface area contributed by atoms with Gasteiger partial charge in [0.1, 0.15) is 5.02 Å². The van der Waals surface area contributed by atoms with Crippen molar-refractivity contribution < 1.29 is 19.6 Å². The predicted molar refractivity (Wildman–Crippen MR) is 71.9 cm³/mol. The SMILES string of the molecule is CC(CN(C)C(=O)c1cccc([N+](=O)[O-])c1Cl)C(=O)O. The van der Waals surface area contributed by atoms with Crippen LogP contribution in [0.2, 0.25) is 5.02 Å². The maximum Gasteiger partial charge on any atom is 0.308 e. The molecule has 1 unspecified atom stereocenters. The molecule has 0 heterocycles. The molecule has 7 nitrogen and oxygen atoms in total. The number of nitrogens with zero attached hydrogens (tertiary/aromatic N) is 2. The summed E-state index contributed by atoms with van der Waals surface area (Å²) in [4.78, 5) is 34.1. The van der Waals surface area contributed by atoms with E-state index in [0.29, 0.717) is 0 Å². The molecule has 0 bridgehead atoms. The average Bonchev–Trinajstić information content (AvgIpc) is 2.37. The van der Waals surface area contributed by atoms with E-state index in [1.165, 1.54) is 37.1 Å². The van der Waals surface area contributed by atoms with Gasteiger partial charge in [-0.05, 0) is 6.07 Å². The molecule has 1 aromatic rings. The van der Waals surface area contributed by atoms with Gasteiger partial charge >= 0.3 is 5.97 Å². The second-order valence-electron chi connectivity index (χ2n) is 4.32. The molecule has 0 spiro atoms. The quantitative estimate of drug-likeness (QED) is 0.662. The third kappa shape index (κ3) is 3.45. The molecule has 0 fully saturated rings. The standard InChI is InChI=1S/C12H13ClN2O5/c1-7(12(17)18)6-14(2)11(16)8-4-3-5-9(10(8)13)15(19)20/h3-5,7H,6H2,1-2H3,(H,17,18). The Morgan fingerprint density at radius 1 is 1.50 bits per heavy atom. The number of amides is 1. The highest BCUT2D eigenvalue weighted by Gasteiger charge is 2.24. The third-order valence-corrected chi connectivity index (χ3v) is 3.12. The number of carbonyl (C=O) groups excluding carboxylic acids is 1. The molecule has 0 radical (unpaired) electrons. The van der Waals surface area contributed by atoms with Crippen molar-refractivity contribution in [2.24, 2.45) is 5.92 Å². The molecule has 108 valence electrons. The number of carbonyl (C=O) groups is 2. The van der Waals surface area contributed by atoms with Crippen molar-refractivity contribution in [2.75, 3.05) is 13.6 Å². The summed E-state index contributed by atoms with van der Waals surface area (Å²) in [6.45, 7) is 1.44. The maximum atomic E-state index is 12.1. The Balaban J connectivity index is 3.01. The number of hydrogen-bond acceptors (Lipinski definition) is 4. The number of nitro benzene ring substituents is 1. The van der Waals surface area contributed by atoms with Crippen LogP contribution in [0.15, 0.2) is 18.2 Å². The van der Waals surface area contributed by atoms with Gasteiger partial charge in [0.15, 0.2) is 0 Å². The summed E-state index contributed by atoms with van der Waals surface area (Å²) < 4.78 is 0. The lowest BCUT2D eigenvalue weighted by Gasteiger charge is -2.19. The Bertz CT molecular complexity index is 561. The van der Waals surface area contributed by atoms with Gasteiger partial charge in [0.2, 0.25) is 0 Å². The van der Waals surface area contributed by atoms with E-state index in [1.807, 2.05) is 0 Å². The van der Waals surface area contributed by atoms with E-state index >= 15 is 0 Å². The van der Waals surface area contributed by atoms with E-state index in [1.54, 1.807) is 0 Å². The van der Waals surface area contributed by atoms with E-state index in [4.69, 9.17) is 16.7 Å². The van der Waals surface area contributed by atoms with E-state index in [-0.39, 0.29) is 22.8 Å². The molecular formula is C12H13ClN2O5. The summed E-state index contributed by atoms with van der Waals surface area (Å²) in [5.41, 5.74) is -0.391. The van der Waals surface area contributed by atoms with E-state index in [0.717, 1.165) is 0 Å². The van der Waals surface area contributed by atoms with Gasteiger partial charge < -0.3 is 10.0 Å². The molecule has 0 aliphatic heterocycles. The molecular weight excluding hydrogens is 288 g/mol. The first-order chi connectivity index (χ1) is 9.25. The highest BCUT2D eigenvalue weighted by Crippen LogP contribution is 2.28. The first-order valence-corrected chi connectivity index (χ1v) is 6.04. The lowest BCUT2D eigenvalue weighted by atomic mass is 10.1. The fraction of sp³-hybridized carbons (Fsp3) is 0.333. The van der Waals surface area contributed by atoms with Gasteiger partial charge in [-0.25, -0.2) is 0 Å². The van der Waals surface area contributed by atoms with Gasteiger partial charge in [0, 0.05) is 19.7 Å². The highest BCUT2D eigenvalue weighted by molar-refractivity contribution is 6.35. The van der Waals surface area contributed by atoms with Crippen molar-refractivity contribution in [3.8, 4) is 0 Å². The molecule has 0 saturated carbocycles. The van der Waals surface area contributed by atoms with E-state index in [2.05, 4.69) is 0 Å². The van der Waals surface area contributed by atoms with Crippen molar-refractivity contribution >= 4 is 29.2 Å². The van der Waals surface area contributed by atoms with Gasteiger partial charge in [-0.2, -0.15) is 0 Å². The predicted octanol–water partition coefficient (Wildman–Crippen LogP) is 2.04. The van der Waals surface area contributed by atoms with Crippen LogP contribution in [-0.2, 0) is 4.79 Å². The van der Waals surface area contributed by atoms with Crippen molar-refractivity contribution in [3.05, 3.63) is 38.9 Å². The fourth-order valence-electron chi connectivity index (χ4n) is 1.60. The monoisotopic (exact) mass is 300 g/mol. The van der Waals surface area contributed by atoms with Crippen LogP contribution in [0.4, 0.5) is 5.69 Å². The number of halogens is 1. The van der Waals surface area contributed by atoms with Crippen molar-refractivity contribution in [1.29, 1.82) is 0 Å². The summed E-state index contributed by atoms with van der Waals surface area (Å²) in [5.74, 6) is -2.34. The third-order valence-electron chi connectivity index (χ3n) is 2.72. The molecule has 1 aromatic carbocycles. The zero-order chi connectivity index (χ0) is 15.4. The molecule has 0 aliphatic rings.